The number of carbonyl (C=O) groups is 1. The smallest absolute Gasteiger partial charge is 0.322 e. The first-order valence-electron chi connectivity index (χ1n) is 7.39. The second-order valence-electron chi connectivity index (χ2n) is 5.41. The summed E-state index contributed by atoms with van der Waals surface area (Å²) in [6, 6.07) is 15.2. The number of sulfone groups is 1. The standard InChI is InChI=1S/C17H15N3O4S/c1-25(22,23)14-9-7-13(8-10-14)16(21)18-17-20-19-15(24-17)11-12-5-3-2-4-6-12/h2-10H,11H2,1H3,(H,18,20,21). The molecule has 3 aromatic rings. The number of hydrogen-bond donors (Lipinski definition) is 1. The zero-order chi connectivity index (χ0) is 17.9. The molecular formula is C17H15N3O4S. The Hall–Kier alpha value is -3.00. The SMILES string of the molecule is CS(=O)(=O)c1ccc(C(=O)Nc2nnc(Cc3ccccc3)o2)cc1. The Labute approximate surface area is 144 Å². The minimum absolute atomic E-state index is 0.0110. The summed E-state index contributed by atoms with van der Waals surface area (Å²) >= 11 is 0. The van der Waals surface area contributed by atoms with Crippen LogP contribution in [0.2, 0.25) is 0 Å². The van der Waals surface area contributed by atoms with Crippen molar-refractivity contribution in [1.29, 1.82) is 0 Å². The quantitative estimate of drug-likeness (QED) is 0.752. The number of hydrogen-bond acceptors (Lipinski definition) is 6. The maximum absolute atomic E-state index is 12.2. The Morgan fingerprint density at radius 2 is 1.72 bits per heavy atom. The molecule has 0 saturated heterocycles. The average molecular weight is 357 g/mol. The number of carbonyl (C=O) groups excluding carboxylic acids is 1. The predicted molar refractivity (Wildman–Crippen MR) is 91.1 cm³/mol. The van der Waals surface area contributed by atoms with Crippen LogP contribution in [-0.4, -0.2) is 30.8 Å². The summed E-state index contributed by atoms with van der Waals surface area (Å²) in [7, 11) is -3.30. The summed E-state index contributed by atoms with van der Waals surface area (Å²) in [5.41, 5.74) is 1.30. The van der Waals surface area contributed by atoms with Gasteiger partial charge in [0.25, 0.3) is 5.91 Å². The lowest BCUT2D eigenvalue weighted by atomic mass is 10.2. The van der Waals surface area contributed by atoms with Gasteiger partial charge in [-0.3, -0.25) is 10.1 Å². The summed E-state index contributed by atoms with van der Waals surface area (Å²) in [6.07, 6.45) is 1.57. The number of nitrogens with one attached hydrogen (secondary N) is 1. The third-order valence-electron chi connectivity index (χ3n) is 3.43. The molecule has 0 aliphatic rings. The third-order valence-corrected chi connectivity index (χ3v) is 4.56. The maximum Gasteiger partial charge on any atom is 0.322 e. The van der Waals surface area contributed by atoms with Crippen LogP contribution >= 0.6 is 0 Å². The third kappa shape index (κ3) is 4.30. The van der Waals surface area contributed by atoms with E-state index in [-0.39, 0.29) is 16.5 Å². The molecule has 0 saturated carbocycles. The number of aromatic nitrogens is 2. The van der Waals surface area contributed by atoms with Gasteiger partial charge in [0.2, 0.25) is 5.89 Å². The lowest BCUT2D eigenvalue weighted by molar-refractivity contribution is 0.102. The van der Waals surface area contributed by atoms with Crippen molar-refractivity contribution in [3.63, 3.8) is 0 Å². The molecular weight excluding hydrogens is 342 g/mol. The second-order valence-corrected chi connectivity index (χ2v) is 7.43. The molecule has 0 fully saturated rings. The van der Waals surface area contributed by atoms with Crippen molar-refractivity contribution in [3.05, 3.63) is 71.6 Å². The molecule has 0 unspecified atom stereocenters. The topological polar surface area (TPSA) is 102 Å². The van der Waals surface area contributed by atoms with Gasteiger partial charge < -0.3 is 4.42 Å². The highest BCUT2D eigenvalue weighted by molar-refractivity contribution is 7.90. The zero-order valence-electron chi connectivity index (χ0n) is 13.3. The molecule has 0 atom stereocenters. The minimum Gasteiger partial charge on any atom is -0.407 e. The largest absolute Gasteiger partial charge is 0.407 e. The first kappa shape index (κ1) is 16.8. The van der Waals surface area contributed by atoms with Gasteiger partial charge in [-0.15, -0.1) is 5.10 Å². The Morgan fingerprint density at radius 1 is 1.04 bits per heavy atom. The van der Waals surface area contributed by atoms with Gasteiger partial charge in [-0.1, -0.05) is 35.4 Å². The monoisotopic (exact) mass is 357 g/mol. The number of nitrogens with zero attached hydrogens (tertiary/aromatic N) is 2. The van der Waals surface area contributed by atoms with Gasteiger partial charge in [-0.05, 0) is 29.8 Å². The fraction of sp³-hybridized carbons (Fsp3) is 0.118. The highest BCUT2D eigenvalue weighted by Crippen LogP contribution is 2.14. The van der Waals surface area contributed by atoms with E-state index in [1.165, 1.54) is 24.3 Å². The molecule has 1 aromatic heterocycles. The van der Waals surface area contributed by atoms with Crippen molar-refractivity contribution < 1.29 is 17.6 Å². The molecule has 0 aliphatic heterocycles. The van der Waals surface area contributed by atoms with Crippen molar-refractivity contribution in [1.82, 2.24) is 10.2 Å². The summed E-state index contributed by atoms with van der Waals surface area (Å²) in [6.45, 7) is 0. The summed E-state index contributed by atoms with van der Waals surface area (Å²) in [4.78, 5) is 12.3. The molecule has 0 radical (unpaired) electrons. The number of rotatable bonds is 5. The van der Waals surface area contributed by atoms with E-state index in [9.17, 15) is 13.2 Å². The van der Waals surface area contributed by atoms with Crippen molar-refractivity contribution in [2.75, 3.05) is 11.6 Å². The highest BCUT2D eigenvalue weighted by atomic mass is 32.2. The van der Waals surface area contributed by atoms with Gasteiger partial charge in [0.15, 0.2) is 9.84 Å². The predicted octanol–water partition coefficient (Wildman–Crippen LogP) is 2.32. The molecule has 1 heterocycles. The van der Waals surface area contributed by atoms with Crippen LogP contribution in [0.4, 0.5) is 6.01 Å². The first-order chi connectivity index (χ1) is 11.9. The second kappa shape index (κ2) is 6.86. The Morgan fingerprint density at radius 3 is 2.36 bits per heavy atom. The molecule has 128 valence electrons. The van der Waals surface area contributed by atoms with Gasteiger partial charge in [0.05, 0.1) is 11.3 Å². The van der Waals surface area contributed by atoms with Crippen molar-refractivity contribution >= 4 is 21.8 Å². The van der Waals surface area contributed by atoms with Crippen LogP contribution in [0.1, 0.15) is 21.8 Å². The lowest BCUT2D eigenvalue weighted by Gasteiger charge is -2.02. The van der Waals surface area contributed by atoms with E-state index < -0.39 is 15.7 Å². The summed E-state index contributed by atoms with van der Waals surface area (Å²) in [5, 5.41) is 10.2. The number of amides is 1. The zero-order valence-corrected chi connectivity index (χ0v) is 14.2. The fourth-order valence-corrected chi connectivity index (χ4v) is 2.80. The van der Waals surface area contributed by atoms with Gasteiger partial charge in [0.1, 0.15) is 0 Å². The van der Waals surface area contributed by atoms with Gasteiger partial charge in [-0.2, -0.15) is 0 Å². The van der Waals surface area contributed by atoms with E-state index in [1.54, 1.807) is 0 Å². The summed E-state index contributed by atoms with van der Waals surface area (Å²) < 4.78 is 28.3. The van der Waals surface area contributed by atoms with E-state index in [4.69, 9.17) is 4.42 Å². The van der Waals surface area contributed by atoms with Crippen molar-refractivity contribution in [3.8, 4) is 0 Å². The van der Waals surface area contributed by atoms with Crippen LogP contribution in [0.3, 0.4) is 0 Å². The van der Waals surface area contributed by atoms with E-state index >= 15 is 0 Å². The Balaban J connectivity index is 1.67. The molecule has 3 rings (SSSR count). The van der Waals surface area contributed by atoms with Crippen LogP contribution in [0.15, 0.2) is 63.9 Å². The number of benzene rings is 2. The van der Waals surface area contributed by atoms with E-state index in [1.807, 2.05) is 30.3 Å². The van der Waals surface area contributed by atoms with Crippen molar-refractivity contribution in [2.24, 2.45) is 0 Å². The molecule has 1 N–H and O–H groups in total. The molecule has 1 amide bonds. The first-order valence-corrected chi connectivity index (χ1v) is 9.29. The van der Waals surface area contributed by atoms with E-state index in [2.05, 4.69) is 15.5 Å². The Kier molecular flexibility index (Phi) is 4.62. The maximum atomic E-state index is 12.2. The number of anilines is 1. The van der Waals surface area contributed by atoms with Crippen LogP contribution in [0.5, 0.6) is 0 Å². The van der Waals surface area contributed by atoms with Crippen molar-refractivity contribution in [2.45, 2.75) is 11.3 Å². The van der Waals surface area contributed by atoms with Crippen LogP contribution in [0.25, 0.3) is 0 Å². The molecule has 25 heavy (non-hydrogen) atoms. The van der Waals surface area contributed by atoms with E-state index in [0.717, 1.165) is 11.8 Å². The van der Waals surface area contributed by atoms with Gasteiger partial charge in [-0.25, -0.2) is 8.42 Å². The molecule has 2 aromatic carbocycles. The lowest BCUT2D eigenvalue weighted by Crippen LogP contribution is -2.12. The molecule has 7 nitrogen and oxygen atoms in total. The van der Waals surface area contributed by atoms with Gasteiger partial charge >= 0.3 is 6.01 Å². The minimum atomic E-state index is -3.30. The molecule has 8 heteroatoms. The van der Waals surface area contributed by atoms with Crippen LogP contribution < -0.4 is 5.32 Å². The van der Waals surface area contributed by atoms with Crippen LogP contribution in [-0.2, 0) is 16.3 Å². The van der Waals surface area contributed by atoms with Crippen LogP contribution in [0, 0.1) is 0 Å². The fourth-order valence-electron chi connectivity index (χ4n) is 2.17. The van der Waals surface area contributed by atoms with E-state index in [0.29, 0.717) is 12.3 Å². The molecule has 0 spiro atoms. The normalized spacial score (nSPS) is 11.2. The summed E-state index contributed by atoms with van der Waals surface area (Å²) in [5.74, 6) is -0.0797. The highest BCUT2D eigenvalue weighted by Gasteiger charge is 2.13. The Bertz CT molecular complexity index is 980. The van der Waals surface area contributed by atoms with Gasteiger partial charge in [0, 0.05) is 11.8 Å². The molecule has 0 aliphatic carbocycles. The molecule has 0 bridgehead atoms. The average Bonchev–Trinajstić information content (AvgIpc) is 3.02.